The molecular weight excluding hydrogens is 558 g/mol. The fourth-order valence-electron chi connectivity index (χ4n) is 5.22. The van der Waals surface area contributed by atoms with Crippen molar-refractivity contribution in [2.75, 3.05) is 26.8 Å². The number of rotatable bonds is 2. The molecule has 3 aromatic carbocycles. The van der Waals surface area contributed by atoms with Crippen LogP contribution in [0.25, 0.3) is 0 Å². The number of nitrogens with zero attached hydrogens (tertiary/aromatic N) is 1. The molecule has 0 unspecified atom stereocenters. The molecule has 42 heavy (non-hydrogen) atoms. The maximum atomic E-state index is 13.4. The second kappa shape index (κ2) is 13.2. The number of ether oxygens (including phenoxy) is 3. The summed E-state index contributed by atoms with van der Waals surface area (Å²) >= 11 is 6.10. The van der Waals surface area contributed by atoms with E-state index in [2.05, 4.69) is 10.6 Å². The number of nitrogens with one attached hydrogen (secondary N) is 2. The first-order chi connectivity index (χ1) is 20.3. The molecule has 1 fully saturated rings. The molecule has 220 valence electrons. The number of likely N-dealkylation sites (tertiary alicyclic amines) is 1. The number of hydrogen-bond acceptors (Lipinski definition) is 6. The SMILES string of the molecule is COc1cc2ccc1OCC(=O)N[C@@H]1CN(C(=O)c3ccc(Cl)cc3C)CC[C@H]1Oc1ccc(cc1)CNC(=O)CC2. The molecule has 5 heterocycles. The number of halogens is 1. The number of piperidine rings is 1. The Hall–Kier alpha value is -4.24. The van der Waals surface area contributed by atoms with Crippen LogP contribution in [0.1, 0.15) is 39.9 Å². The number of carbonyl (C=O) groups is 3. The smallest absolute Gasteiger partial charge is 0.258 e. The van der Waals surface area contributed by atoms with Crippen LogP contribution in [0.2, 0.25) is 5.02 Å². The molecule has 2 N–H and O–H groups in total. The van der Waals surface area contributed by atoms with E-state index in [1.807, 2.05) is 43.3 Å². The van der Waals surface area contributed by atoms with Gasteiger partial charge in [0.05, 0.1) is 13.2 Å². The Kier molecular flexibility index (Phi) is 9.17. The van der Waals surface area contributed by atoms with E-state index in [9.17, 15) is 14.4 Å². The van der Waals surface area contributed by atoms with E-state index in [4.69, 9.17) is 25.8 Å². The van der Waals surface area contributed by atoms with Gasteiger partial charge in [-0.15, -0.1) is 0 Å². The van der Waals surface area contributed by atoms with E-state index in [0.29, 0.717) is 60.2 Å². The highest BCUT2D eigenvalue weighted by atomic mass is 35.5. The van der Waals surface area contributed by atoms with Crippen LogP contribution < -0.4 is 24.8 Å². The lowest BCUT2D eigenvalue weighted by molar-refractivity contribution is -0.125. The fraction of sp³-hybridized carbons (Fsp3) is 0.344. The van der Waals surface area contributed by atoms with Gasteiger partial charge in [-0.25, -0.2) is 0 Å². The van der Waals surface area contributed by atoms with Crippen molar-refractivity contribution in [2.45, 2.75) is 44.9 Å². The summed E-state index contributed by atoms with van der Waals surface area (Å²) in [5, 5.41) is 6.56. The van der Waals surface area contributed by atoms with E-state index in [1.54, 1.807) is 29.2 Å². The predicted molar refractivity (Wildman–Crippen MR) is 158 cm³/mol. The minimum Gasteiger partial charge on any atom is -0.493 e. The third-order valence-corrected chi connectivity index (χ3v) is 7.76. The average molecular weight is 592 g/mol. The molecule has 4 bridgehead atoms. The number of hydrogen-bond donors (Lipinski definition) is 2. The highest BCUT2D eigenvalue weighted by Gasteiger charge is 2.35. The molecular formula is C32H34ClN3O6. The number of carbonyl (C=O) groups excluding carboxylic acids is 3. The largest absolute Gasteiger partial charge is 0.493 e. The Bertz CT molecular complexity index is 1460. The van der Waals surface area contributed by atoms with Gasteiger partial charge in [0.2, 0.25) is 5.91 Å². The van der Waals surface area contributed by atoms with Crippen molar-refractivity contribution in [3.8, 4) is 17.2 Å². The lowest BCUT2D eigenvalue weighted by Crippen LogP contribution is -2.58. The maximum absolute atomic E-state index is 13.4. The third kappa shape index (κ3) is 7.15. The Balaban J connectivity index is 1.38. The van der Waals surface area contributed by atoms with Gasteiger partial charge in [0.15, 0.2) is 18.1 Å². The van der Waals surface area contributed by atoms with Crippen LogP contribution in [0.15, 0.2) is 60.7 Å². The minimum atomic E-state index is -0.486. The van der Waals surface area contributed by atoms with Gasteiger partial charge in [-0.2, -0.15) is 0 Å². The highest BCUT2D eigenvalue weighted by Crippen LogP contribution is 2.29. The molecule has 5 aliphatic heterocycles. The third-order valence-electron chi connectivity index (χ3n) is 7.53. The van der Waals surface area contributed by atoms with Gasteiger partial charge in [-0.05, 0) is 72.5 Å². The molecule has 10 heteroatoms. The second-order valence-corrected chi connectivity index (χ2v) is 11.0. The van der Waals surface area contributed by atoms with Crippen LogP contribution in [-0.2, 0) is 22.6 Å². The summed E-state index contributed by atoms with van der Waals surface area (Å²) < 4.78 is 17.6. The topological polar surface area (TPSA) is 106 Å². The van der Waals surface area contributed by atoms with Crippen molar-refractivity contribution in [3.63, 3.8) is 0 Å². The molecule has 2 atom stereocenters. The maximum Gasteiger partial charge on any atom is 0.258 e. The Labute approximate surface area is 250 Å². The van der Waals surface area contributed by atoms with E-state index in [1.165, 1.54) is 7.11 Å². The van der Waals surface area contributed by atoms with E-state index in [-0.39, 0.29) is 37.0 Å². The van der Waals surface area contributed by atoms with Gasteiger partial charge in [0, 0.05) is 43.1 Å². The van der Waals surface area contributed by atoms with Gasteiger partial charge in [0.1, 0.15) is 11.9 Å². The van der Waals surface area contributed by atoms with Crippen molar-refractivity contribution in [3.05, 3.63) is 87.9 Å². The first kappa shape index (κ1) is 29.3. The lowest BCUT2D eigenvalue weighted by atomic mass is 9.99. The summed E-state index contributed by atoms with van der Waals surface area (Å²) in [6.07, 6.45) is 0.989. The molecule has 5 aliphatic rings. The van der Waals surface area contributed by atoms with Gasteiger partial charge in [-0.1, -0.05) is 29.8 Å². The second-order valence-electron chi connectivity index (χ2n) is 10.5. The van der Waals surface area contributed by atoms with Crippen molar-refractivity contribution in [2.24, 2.45) is 0 Å². The molecule has 8 rings (SSSR count). The number of amides is 3. The molecule has 3 aromatic rings. The van der Waals surface area contributed by atoms with Crippen LogP contribution >= 0.6 is 11.6 Å². The molecule has 0 aliphatic carbocycles. The van der Waals surface area contributed by atoms with Crippen molar-refractivity contribution in [1.29, 1.82) is 0 Å². The van der Waals surface area contributed by atoms with E-state index >= 15 is 0 Å². The summed E-state index contributed by atoms with van der Waals surface area (Å²) in [4.78, 5) is 40.8. The van der Waals surface area contributed by atoms with Crippen molar-refractivity contribution >= 4 is 29.3 Å². The summed E-state index contributed by atoms with van der Waals surface area (Å²) in [6.45, 7) is 2.73. The van der Waals surface area contributed by atoms with Gasteiger partial charge in [0.25, 0.3) is 11.8 Å². The number of benzene rings is 3. The highest BCUT2D eigenvalue weighted by molar-refractivity contribution is 6.30. The van der Waals surface area contributed by atoms with Crippen LogP contribution in [-0.4, -0.2) is 61.6 Å². The van der Waals surface area contributed by atoms with E-state index < -0.39 is 6.04 Å². The van der Waals surface area contributed by atoms with Crippen LogP contribution in [0.5, 0.6) is 17.2 Å². The predicted octanol–water partition coefficient (Wildman–Crippen LogP) is 4.08. The first-order valence-corrected chi connectivity index (χ1v) is 14.3. The Morgan fingerprint density at radius 1 is 1.00 bits per heavy atom. The molecule has 0 spiro atoms. The minimum absolute atomic E-state index is 0.0568. The monoisotopic (exact) mass is 591 g/mol. The van der Waals surface area contributed by atoms with Gasteiger partial charge < -0.3 is 29.7 Å². The molecule has 0 aromatic heterocycles. The zero-order valence-corrected chi connectivity index (χ0v) is 24.4. The van der Waals surface area contributed by atoms with Crippen LogP contribution in [0.4, 0.5) is 0 Å². The fourth-order valence-corrected chi connectivity index (χ4v) is 5.44. The summed E-state index contributed by atoms with van der Waals surface area (Å²) in [5.74, 6) is 0.995. The molecule has 1 saturated heterocycles. The average Bonchev–Trinajstić information content (AvgIpc) is 2.99. The van der Waals surface area contributed by atoms with Crippen molar-refractivity contribution < 1.29 is 28.6 Å². The molecule has 3 amide bonds. The lowest BCUT2D eigenvalue weighted by Gasteiger charge is -2.39. The van der Waals surface area contributed by atoms with Crippen LogP contribution in [0, 0.1) is 6.92 Å². The molecule has 0 radical (unpaired) electrons. The Morgan fingerprint density at radius 2 is 1.79 bits per heavy atom. The normalized spacial score (nSPS) is 19.5. The molecule has 0 saturated carbocycles. The van der Waals surface area contributed by atoms with Gasteiger partial charge >= 0.3 is 0 Å². The zero-order chi connectivity index (χ0) is 29.6. The number of methoxy groups -OCH3 is 1. The standard InChI is InChI=1S/C32H34ClN3O6/c1-20-15-23(33)7-10-25(20)32(39)36-14-13-27-26(18-36)35-31(38)19-41-28-11-5-21(16-29(28)40-2)6-12-30(37)34-17-22-3-8-24(42-27)9-4-22/h3-5,7-11,15-16,26-27H,6,12-14,17-19H2,1-2H3,(H,34,37)(H,35,38)/t26-,27-/m1/s1. The van der Waals surface area contributed by atoms with Gasteiger partial charge in [-0.3, -0.25) is 14.4 Å². The molecule has 9 nitrogen and oxygen atoms in total. The first-order valence-electron chi connectivity index (χ1n) is 14.0. The summed E-state index contributed by atoms with van der Waals surface area (Å²) in [5.41, 5.74) is 3.21. The Morgan fingerprint density at radius 3 is 2.55 bits per heavy atom. The number of aryl methyl sites for hydroxylation is 2. The van der Waals surface area contributed by atoms with Crippen molar-refractivity contribution in [1.82, 2.24) is 15.5 Å². The zero-order valence-electron chi connectivity index (χ0n) is 23.7. The summed E-state index contributed by atoms with van der Waals surface area (Å²) in [6, 6.07) is 17.6. The quantitative estimate of drug-likeness (QED) is 0.465. The van der Waals surface area contributed by atoms with E-state index in [0.717, 1.165) is 16.7 Å². The summed E-state index contributed by atoms with van der Waals surface area (Å²) in [7, 11) is 1.53. The van der Waals surface area contributed by atoms with Crippen LogP contribution in [0.3, 0.4) is 0 Å².